The molecule has 2 amide bonds. The van der Waals surface area contributed by atoms with Crippen molar-refractivity contribution in [3.63, 3.8) is 0 Å². The van der Waals surface area contributed by atoms with E-state index < -0.39 is 0 Å². The van der Waals surface area contributed by atoms with Gasteiger partial charge in [0.05, 0.1) is 0 Å². The lowest BCUT2D eigenvalue weighted by molar-refractivity contribution is 0.235. The zero-order valence-electron chi connectivity index (χ0n) is 10.5. The van der Waals surface area contributed by atoms with Gasteiger partial charge in [0, 0.05) is 19.7 Å². The minimum absolute atomic E-state index is 0.0957. The first kappa shape index (κ1) is 12.7. The molecule has 0 saturated heterocycles. The van der Waals surface area contributed by atoms with E-state index in [9.17, 15) is 4.79 Å². The Kier molecular flexibility index (Phi) is 4.66. The first-order valence-corrected chi connectivity index (χ1v) is 6.92. The van der Waals surface area contributed by atoms with Crippen LogP contribution in [0.3, 0.4) is 0 Å². The van der Waals surface area contributed by atoms with Gasteiger partial charge >= 0.3 is 6.03 Å². The number of aliphatic hydroxyl groups excluding tert-OH is 1. The molecule has 2 aliphatic rings. The molecule has 2 bridgehead atoms. The zero-order chi connectivity index (χ0) is 12.1. The molecule has 2 aliphatic carbocycles. The second-order valence-corrected chi connectivity index (χ2v) is 5.48. The van der Waals surface area contributed by atoms with Gasteiger partial charge in [0.15, 0.2) is 0 Å². The van der Waals surface area contributed by atoms with E-state index in [2.05, 4.69) is 10.6 Å². The van der Waals surface area contributed by atoms with E-state index >= 15 is 0 Å². The van der Waals surface area contributed by atoms with Gasteiger partial charge in [0.25, 0.3) is 0 Å². The Bertz CT molecular complexity index is 258. The fourth-order valence-corrected chi connectivity index (χ4v) is 3.44. The molecule has 2 saturated carbocycles. The molecule has 98 valence electrons. The third kappa shape index (κ3) is 3.60. The molecule has 0 heterocycles. The topological polar surface area (TPSA) is 61.4 Å². The Hall–Kier alpha value is -0.770. The third-order valence-corrected chi connectivity index (χ3v) is 4.31. The number of hydrogen-bond donors (Lipinski definition) is 3. The summed E-state index contributed by atoms with van der Waals surface area (Å²) in [6.45, 7) is 1.47. The van der Waals surface area contributed by atoms with Crippen LogP contribution in [0.1, 0.15) is 38.5 Å². The number of amides is 2. The predicted octanol–water partition coefficient (Wildman–Crippen LogP) is 1.49. The molecule has 0 aromatic rings. The van der Waals surface area contributed by atoms with Gasteiger partial charge in [-0.25, -0.2) is 4.79 Å². The summed E-state index contributed by atoms with van der Waals surface area (Å²) < 4.78 is 0. The van der Waals surface area contributed by atoms with Crippen molar-refractivity contribution in [1.82, 2.24) is 10.6 Å². The molecule has 0 aromatic carbocycles. The van der Waals surface area contributed by atoms with Gasteiger partial charge < -0.3 is 15.7 Å². The van der Waals surface area contributed by atoms with Gasteiger partial charge in [0.1, 0.15) is 0 Å². The monoisotopic (exact) mass is 240 g/mol. The molecular weight excluding hydrogens is 216 g/mol. The molecule has 3 unspecified atom stereocenters. The maximum atomic E-state index is 11.3. The minimum Gasteiger partial charge on any atom is -0.396 e. The highest BCUT2D eigenvalue weighted by atomic mass is 16.3. The Labute approximate surface area is 103 Å². The molecule has 0 aromatic heterocycles. The normalized spacial score (nSPS) is 30.5. The van der Waals surface area contributed by atoms with Crippen molar-refractivity contribution < 1.29 is 9.90 Å². The van der Waals surface area contributed by atoms with E-state index in [0.717, 1.165) is 30.7 Å². The number of hydrogen-bond acceptors (Lipinski definition) is 2. The van der Waals surface area contributed by atoms with Gasteiger partial charge in [-0.1, -0.05) is 6.42 Å². The van der Waals surface area contributed by atoms with Crippen molar-refractivity contribution in [3.05, 3.63) is 0 Å². The van der Waals surface area contributed by atoms with E-state index in [1.807, 2.05) is 0 Å². The Morgan fingerprint density at radius 1 is 1.18 bits per heavy atom. The largest absolute Gasteiger partial charge is 0.396 e. The molecule has 4 nitrogen and oxygen atoms in total. The summed E-state index contributed by atoms with van der Waals surface area (Å²) in [6.07, 6.45) is 7.44. The summed E-state index contributed by atoms with van der Waals surface area (Å²) in [5.41, 5.74) is 0. The highest BCUT2D eigenvalue weighted by Crippen LogP contribution is 2.49. The van der Waals surface area contributed by atoms with Crippen molar-refractivity contribution >= 4 is 6.03 Å². The van der Waals surface area contributed by atoms with Crippen LogP contribution in [0.2, 0.25) is 0 Å². The Morgan fingerprint density at radius 2 is 2.00 bits per heavy atom. The minimum atomic E-state index is -0.0957. The average Bonchev–Trinajstić information content (AvgIpc) is 2.91. The maximum absolute atomic E-state index is 11.3. The summed E-state index contributed by atoms with van der Waals surface area (Å²) in [4.78, 5) is 11.3. The molecule has 2 rings (SSSR count). The van der Waals surface area contributed by atoms with Crippen molar-refractivity contribution in [2.24, 2.45) is 17.8 Å². The summed E-state index contributed by atoms with van der Waals surface area (Å²) in [5, 5.41) is 14.2. The van der Waals surface area contributed by atoms with Crippen LogP contribution >= 0.6 is 0 Å². The smallest absolute Gasteiger partial charge is 0.314 e. The van der Waals surface area contributed by atoms with E-state index in [0.29, 0.717) is 13.0 Å². The summed E-state index contributed by atoms with van der Waals surface area (Å²) in [5.74, 6) is 2.79. The quantitative estimate of drug-likeness (QED) is 0.616. The number of fused-ring (bicyclic) bond motifs is 2. The molecule has 3 atom stereocenters. The van der Waals surface area contributed by atoms with Gasteiger partial charge in [-0.2, -0.15) is 0 Å². The highest BCUT2D eigenvalue weighted by Gasteiger charge is 2.38. The summed E-state index contributed by atoms with van der Waals surface area (Å²) in [7, 11) is 0. The molecule has 17 heavy (non-hydrogen) atoms. The summed E-state index contributed by atoms with van der Waals surface area (Å²) in [6, 6.07) is -0.0957. The predicted molar refractivity (Wildman–Crippen MR) is 66.7 cm³/mol. The lowest BCUT2D eigenvalue weighted by atomic mass is 9.86. The van der Waals surface area contributed by atoms with Crippen molar-refractivity contribution in [3.8, 4) is 0 Å². The van der Waals surface area contributed by atoms with Gasteiger partial charge in [0.2, 0.25) is 0 Å². The molecule has 4 heteroatoms. The number of aliphatic hydroxyl groups is 1. The van der Waals surface area contributed by atoms with Crippen LogP contribution in [0, 0.1) is 17.8 Å². The Balaban J connectivity index is 1.52. The third-order valence-electron chi connectivity index (χ3n) is 4.31. The molecule has 0 radical (unpaired) electrons. The lowest BCUT2D eigenvalue weighted by Gasteiger charge is -2.21. The van der Waals surface area contributed by atoms with Crippen molar-refractivity contribution in [2.45, 2.75) is 38.5 Å². The van der Waals surface area contributed by atoms with Crippen LogP contribution < -0.4 is 10.6 Å². The second kappa shape index (κ2) is 6.24. The number of urea groups is 1. The van der Waals surface area contributed by atoms with Crippen LogP contribution in [0.4, 0.5) is 4.79 Å². The maximum Gasteiger partial charge on any atom is 0.314 e. The highest BCUT2D eigenvalue weighted by molar-refractivity contribution is 5.73. The molecule has 0 spiro atoms. The second-order valence-electron chi connectivity index (χ2n) is 5.48. The first-order valence-electron chi connectivity index (χ1n) is 6.92. The summed E-state index contributed by atoms with van der Waals surface area (Å²) >= 11 is 0. The van der Waals surface area contributed by atoms with Gasteiger partial charge in [-0.15, -0.1) is 0 Å². The van der Waals surface area contributed by atoms with Crippen LogP contribution in [-0.2, 0) is 0 Å². The van der Waals surface area contributed by atoms with E-state index in [1.54, 1.807) is 0 Å². The number of carbonyl (C=O) groups is 1. The van der Waals surface area contributed by atoms with Crippen LogP contribution in [-0.4, -0.2) is 30.8 Å². The van der Waals surface area contributed by atoms with Crippen LogP contribution in [0.15, 0.2) is 0 Å². The SMILES string of the molecule is O=C(NCCCO)NCCC1CC2CCC1C2. The lowest BCUT2D eigenvalue weighted by Crippen LogP contribution is -2.37. The van der Waals surface area contributed by atoms with E-state index in [1.165, 1.54) is 25.7 Å². The Morgan fingerprint density at radius 3 is 2.65 bits per heavy atom. The van der Waals surface area contributed by atoms with E-state index in [-0.39, 0.29) is 12.6 Å². The zero-order valence-corrected chi connectivity index (χ0v) is 10.5. The number of rotatable bonds is 6. The van der Waals surface area contributed by atoms with Crippen LogP contribution in [0.5, 0.6) is 0 Å². The molecule has 3 N–H and O–H groups in total. The van der Waals surface area contributed by atoms with E-state index in [4.69, 9.17) is 5.11 Å². The number of carbonyl (C=O) groups excluding carboxylic acids is 1. The number of nitrogens with one attached hydrogen (secondary N) is 2. The van der Waals surface area contributed by atoms with Gasteiger partial charge in [-0.3, -0.25) is 0 Å². The fourth-order valence-electron chi connectivity index (χ4n) is 3.44. The molecule has 2 fully saturated rings. The van der Waals surface area contributed by atoms with Crippen LogP contribution in [0.25, 0.3) is 0 Å². The molecular formula is C13H24N2O2. The average molecular weight is 240 g/mol. The fraction of sp³-hybridized carbons (Fsp3) is 0.923. The van der Waals surface area contributed by atoms with Gasteiger partial charge in [-0.05, 0) is 49.9 Å². The molecule has 0 aliphatic heterocycles. The standard InChI is InChI=1S/C13H24N2O2/c16-7-1-5-14-13(17)15-6-4-12-9-10-2-3-11(12)8-10/h10-12,16H,1-9H2,(H2,14,15,17). The van der Waals surface area contributed by atoms with Crippen molar-refractivity contribution in [1.29, 1.82) is 0 Å². The first-order chi connectivity index (χ1) is 8.29. The van der Waals surface area contributed by atoms with Crippen molar-refractivity contribution in [2.75, 3.05) is 19.7 Å².